The maximum atomic E-state index is 3.43. The average Bonchev–Trinajstić information content (AvgIpc) is 2.40. The van der Waals surface area contributed by atoms with E-state index in [0.717, 1.165) is 25.2 Å². The molecule has 0 aromatic heterocycles. The molecule has 86 valence electrons. The first-order chi connectivity index (χ1) is 8.42. The minimum Gasteiger partial charge on any atom is -0.356 e. The molecule has 2 heteroatoms. The maximum absolute atomic E-state index is 3.43. The van der Waals surface area contributed by atoms with Crippen molar-refractivity contribution in [3.8, 4) is 0 Å². The molecule has 0 unspecified atom stereocenters. The minimum absolute atomic E-state index is 1.00. The van der Waals surface area contributed by atoms with Crippen LogP contribution in [0.4, 0.5) is 11.4 Å². The second-order valence-electron chi connectivity index (χ2n) is 4.40. The summed E-state index contributed by atoms with van der Waals surface area (Å²) in [7, 11) is 0. The molecule has 0 saturated heterocycles. The summed E-state index contributed by atoms with van der Waals surface area (Å²) in [5, 5.41) is 6.82. The van der Waals surface area contributed by atoms with Crippen LogP contribution in [0.2, 0.25) is 0 Å². The first-order valence-corrected chi connectivity index (χ1v) is 6.06. The van der Waals surface area contributed by atoms with Gasteiger partial charge in [0.05, 0.1) is 0 Å². The summed E-state index contributed by atoms with van der Waals surface area (Å²) in [4.78, 5) is 0. The second-order valence-corrected chi connectivity index (χ2v) is 4.40. The van der Waals surface area contributed by atoms with Crippen molar-refractivity contribution in [3.63, 3.8) is 0 Å². The fourth-order valence-corrected chi connectivity index (χ4v) is 2.24. The fourth-order valence-electron chi connectivity index (χ4n) is 2.24. The third-order valence-electron chi connectivity index (χ3n) is 3.16. The third-order valence-corrected chi connectivity index (χ3v) is 3.16. The Labute approximate surface area is 102 Å². The largest absolute Gasteiger partial charge is 0.356 e. The van der Waals surface area contributed by atoms with Crippen LogP contribution in [0.1, 0.15) is 11.1 Å². The van der Waals surface area contributed by atoms with Crippen molar-refractivity contribution in [2.45, 2.75) is 13.0 Å². The predicted octanol–water partition coefficient (Wildman–Crippen LogP) is 3.08. The summed E-state index contributed by atoms with van der Waals surface area (Å²) in [6, 6.07) is 16.9. The molecule has 1 aliphatic rings. The molecule has 0 amide bonds. The molecule has 0 fully saturated rings. The molecule has 2 N–H and O–H groups in total. The lowest BCUT2D eigenvalue weighted by atomic mass is 10.0. The van der Waals surface area contributed by atoms with E-state index < -0.39 is 0 Å². The lowest BCUT2D eigenvalue weighted by Gasteiger charge is -2.18. The number of fused-ring (bicyclic) bond motifs is 1. The Morgan fingerprint density at radius 2 is 1.76 bits per heavy atom. The zero-order chi connectivity index (χ0) is 11.5. The van der Waals surface area contributed by atoms with E-state index in [2.05, 4.69) is 41.0 Å². The number of benzene rings is 2. The van der Waals surface area contributed by atoms with Crippen molar-refractivity contribution in [2.24, 2.45) is 0 Å². The number of hydrogen-bond acceptors (Lipinski definition) is 2. The predicted molar refractivity (Wildman–Crippen MR) is 71.6 cm³/mol. The molecule has 0 saturated carbocycles. The van der Waals surface area contributed by atoms with Gasteiger partial charge in [-0.05, 0) is 48.4 Å². The highest BCUT2D eigenvalue weighted by Gasteiger charge is 2.08. The van der Waals surface area contributed by atoms with Gasteiger partial charge in [-0.1, -0.05) is 24.3 Å². The summed E-state index contributed by atoms with van der Waals surface area (Å²) < 4.78 is 0. The van der Waals surface area contributed by atoms with Gasteiger partial charge in [-0.25, -0.2) is 0 Å². The standard InChI is InChI=1S/C15H16N2/c1-2-4-14(5-3-1)17-15-7-6-13-11-16-9-8-12(13)10-15/h1-7,10,16-17H,8-9,11H2. The van der Waals surface area contributed by atoms with E-state index in [1.54, 1.807) is 0 Å². The molecule has 2 nitrogen and oxygen atoms in total. The Kier molecular flexibility index (Phi) is 2.80. The van der Waals surface area contributed by atoms with E-state index in [1.165, 1.54) is 16.8 Å². The number of para-hydroxylation sites is 1. The quantitative estimate of drug-likeness (QED) is 0.819. The molecule has 0 radical (unpaired) electrons. The summed E-state index contributed by atoms with van der Waals surface area (Å²) in [5.41, 5.74) is 5.21. The monoisotopic (exact) mass is 224 g/mol. The van der Waals surface area contributed by atoms with Crippen molar-refractivity contribution in [3.05, 3.63) is 59.7 Å². The van der Waals surface area contributed by atoms with Crippen LogP contribution in [-0.2, 0) is 13.0 Å². The third kappa shape index (κ3) is 2.32. The normalized spacial score (nSPS) is 14.1. The van der Waals surface area contributed by atoms with Crippen molar-refractivity contribution >= 4 is 11.4 Å². The Bertz CT molecular complexity index is 506. The summed E-state index contributed by atoms with van der Waals surface area (Å²) in [6.07, 6.45) is 1.12. The molecule has 1 aliphatic heterocycles. The Balaban J connectivity index is 1.84. The summed E-state index contributed by atoms with van der Waals surface area (Å²) >= 11 is 0. The molecule has 0 aliphatic carbocycles. The highest BCUT2D eigenvalue weighted by atomic mass is 14.9. The first kappa shape index (κ1) is 10.4. The molecule has 1 heterocycles. The van der Waals surface area contributed by atoms with Crippen molar-refractivity contribution < 1.29 is 0 Å². The van der Waals surface area contributed by atoms with Gasteiger partial charge in [0.25, 0.3) is 0 Å². The van der Waals surface area contributed by atoms with Crippen LogP contribution < -0.4 is 10.6 Å². The lowest BCUT2D eigenvalue weighted by molar-refractivity contribution is 0.644. The van der Waals surface area contributed by atoms with Crippen LogP contribution in [-0.4, -0.2) is 6.54 Å². The van der Waals surface area contributed by atoms with E-state index in [9.17, 15) is 0 Å². The average molecular weight is 224 g/mol. The maximum Gasteiger partial charge on any atom is 0.0387 e. The van der Waals surface area contributed by atoms with E-state index in [1.807, 2.05) is 18.2 Å². The Morgan fingerprint density at radius 3 is 2.65 bits per heavy atom. The Hall–Kier alpha value is -1.80. The van der Waals surface area contributed by atoms with Gasteiger partial charge >= 0.3 is 0 Å². The number of rotatable bonds is 2. The number of anilines is 2. The second kappa shape index (κ2) is 4.60. The first-order valence-electron chi connectivity index (χ1n) is 6.06. The van der Waals surface area contributed by atoms with E-state index in [4.69, 9.17) is 0 Å². The molecule has 0 atom stereocenters. The van der Waals surface area contributed by atoms with Gasteiger partial charge in [0.15, 0.2) is 0 Å². The van der Waals surface area contributed by atoms with Crippen molar-refractivity contribution in [1.82, 2.24) is 5.32 Å². The van der Waals surface area contributed by atoms with E-state index >= 15 is 0 Å². The molecule has 3 rings (SSSR count). The highest BCUT2D eigenvalue weighted by Crippen LogP contribution is 2.22. The fraction of sp³-hybridized carbons (Fsp3) is 0.200. The van der Waals surface area contributed by atoms with E-state index in [-0.39, 0.29) is 0 Å². The minimum atomic E-state index is 1.00. The SMILES string of the molecule is c1ccc(Nc2ccc3c(c2)CCNC3)cc1. The van der Waals surface area contributed by atoms with Crippen LogP contribution in [0, 0.1) is 0 Å². The van der Waals surface area contributed by atoms with Crippen LogP contribution >= 0.6 is 0 Å². The molecular weight excluding hydrogens is 208 g/mol. The molecule has 17 heavy (non-hydrogen) atoms. The van der Waals surface area contributed by atoms with Crippen LogP contribution in [0.3, 0.4) is 0 Å². The molecule has 2 aromatic rings. The highest BCUT2D eigenvalue weighted by molar-refractivity contribution is 5.61. The number of hydrogen-bond donors (Lipinski definition) is 2. The number of nitrogens with one attached hydrogen (secondary N) is 2. The van der Waals surface area contributed by atoms with Gasteiger partial charge in [-0.3, -0.25) is 0 Å². The Morgan fingerprint density at radius 1 is 0.882 bits per heavy atom. The van der Waals surface area contributed by atoms with Crippen LogP contribution in [0.15, 0.2) is 48.5 Å². The van der Waals surface area contributed by atoms with Crippen molar-refractivity contribution in [2.75, 3.05) is 11.9 Å². The molecule has 0 spiro atoms. The summed E-state index contributed by atoms with van der Waals surface area (Å²) in [6.45, 7) is 2.09. The van der Waals surface area contributed by atoms with Crippen LogP contribution in [0.5, 0.6) is 0 Å². The summed E-state index contributed by atoms with van der Waals surface area (Å²) in [5.74, 6) is 0. The van der Waals surface area contributed by atoms with Gasteiger partial charge in [-0.2, -0.15) is 0 Å². The lowest BCUT2D eigenvalue weighted by Crippen LogP contribution is -2.23. The smallest absolute Gasteiger partial charge is 0.0387 e. The molecule has 0 bridgehead atoms. The van der Waals surface area contributed by atoms with Crippen molar-refractivity contribution in [1.29, 1.82) is 0 Å². The zero-order valence-corrected chi connectivity index (χ0v) is 9.74. The topological polar surface area (TPSA) is 24.1 Å². The van der Waals surface area contributed by atoms with Gasteiger partial charge in [0.2, 0.25) is 0 Å². The van der Waals surface area contributed by atoms with Gasteiger partial charge < -0.3 is 10.6 Å². The van der Waals surface area contributed by atoms with Crippen LogP contribution in [0.25, 0.3) is 0 Å². The van der Waals surface area contributed by atoms with E-state index in [0.29, 0.717) is 0 Å². The molecular formula is C15H16N2. The molecule has 2 aromatic carbocycles. The van der Waals surface area contributed by atoms with Gasteiger partial charge in [-0.15, -0.1) is 0 Å². The van der Waals surface area contributed by atoms with Gasteiger partial charge in [0.1, 0.15) is 0 Å². The van der Waals surface area contributed by atoms with Gasteiger partial charge in [0, 0.05) is 17.9 Å². The zero-order valence-electron chi connectivity index (χ0n) is 9.74.